The summed E-state index contributed by atoms with van der Waals surface area (Å²) in [6, 6.07) is -0.0427. The highest BCUT2D eigenvalue weighted by Crippen LogP contribution is 2.37. The second kappa shape index (κ2) is 8.47. The predicted molar refractivity (Wildman–Crippen MR) is 98.6 cm³/mol. The van der Waals surface area contributed by atoms with Gasteiger partial charge < -0.3 is 5.32 Å². The van der Waals surface area contributed by atoms with E-state index >= 15 is 0 Å². The van der Waals surface area contributed by atoms with Crippen molar-refractivity contribution in [1.82, 2.24) is 10.2 Å². The molecule has 7 heteroatoms. The largest absolute Gasteiger partial charge is 0.335 e. The first-order chi connectivity index (χ1) is 10.4. The van der Waals surface area contributed by atoms with Crippen LogP contribution < -0.4 is 5.32 Å². The highest BCUT2D eigenvalue weighted by Gasteiger charge is 2.41. The van der Waals surface area contributed by atoms with Gasteiger partial charge in [-0.3, -0.25) is 9.69 Å². The third kappa shape index (κ3) is 5.20. The maximum Gasteiger partial charge on any atom is 0.324 e. The summed E-state index contributed by atoms with van der Waals surface area (Å²) in [6.07, 6.45) is 10.7. The van der Waals surface area contributed by atoms with Crippen LogP contribution in [0.2, 0.25) is 0 Å². The molecule has 0 atom stereocenters. The van der Waals surface area contributed by atoms with Gasteiger partial charge in [0.05, 0.1) is 0 Å². The molecule has 0 saturated heterocycles. The van der Waals surface area contributed by atoms with Gasteiger partial charge in [-0.05, 0) is 73.5 Å². The zero-order valence-electron chi connectivity index (χ0n) is 12.6. The third-order valence-electron chi connectivity index (χ3n) is 4.55. The van der Waals surface area contributed by atoms with E-state index < -0.39 is 2.14 Å². The molecule has 0 bridgehead atoms. The summed E-state index contributed by atoms with van der Waals surface area (Å²) in [6.45, 7) is 0. The number of alkyl halides is 3. The molecule has 2 rings (SSSR count). The molecule has 126 valence electrons. The lowest BCUT2D eigenvalue weighted by atomic mass is 9.94. The molecule has 0 radical (unpaired) electrons. The van der Waals surface area contributed by atoms with Crippen molar-refractivity contribution in [3.05, 3.63) is 0 Å². The normalized spacial score (nSPS) is 21.4. The van der Waals surface area contributed by atoms with Crippen LogP contribution in [-0.2, 0) is 4.79 Å². The van der Waals surface area contributed by atoms with Crippen LogP contribution in [0.15, 0.2) is 0 Å². The van der Waals surface area contributed by atoms with Gasteiger partial charge in [-0.15, -0.1) is 0 Å². The quantitative estimate of drug-likeness (QED) is 0.538. The maximum atomic E-state index is 12.7. The first-order valence-corrected chi connectivity index (χ1v) is 10.5. The highest BCUT2D eigenvalue weighted by atomic mass is 80.0. The molecule has 0 aromatic carbocycles. The van der Waals surface area contributed by atoms with Crippen LogP contribution in [0, 0.1) is 0 Å². The van der Waals surface area contributed by atoms with E-state index in [1.165, 1.54) is 17.7 Å². The fourth-order valence-corrected chi connectivity index (χ4v) is 3.96. The Morgan fingerprint density at radius 3 is 1.86 bits per heavy atom. The summed E-state index contributed by atoms with van der Waals surface area (Å²) in [5, 5.41) is 3.07. The van der Waals surface area contributed by atoms with Crippen molar-refractivity contribution in [2.75, 3.05) is 0 Å². The Bertz CT molecular complexity index is 400. The van der Waals surface area contributed by atoms with Gasteiger partial charge in [-0.2, -0.15) is 0 Å². The number of nitrogens with one attached hydrogen (secondary N) is 1. The van der Waals surface area contributed by atoms with Gasteiger partial charge in [0.1, 0.15) is 0 Å². The van der Waals surface area contributed by atoms with E-state index in [9.17, 15) is 9.59 Å². The summed E-state index contributed by atoms with van der Waals surface area (Å²) in [5.41, 5.74) is 0. The van der Waals surface area contributed by atoms with Gasteiger partial charge in [0.2, 0.25) is 2.14 Å². The van der Waals surface area contributed by atoms with Crippen LogP contribution in [0.5, 0.6) is 0 Å². The van der Waals surface area contributed by atoms with E-state index in [0.717, 1.165) is 51.4 Å². The van der Waals surface area contributed by atoms with Crippen molar-refractivity contribution in [3.8, 4) is 0 Å². The molecule has 0 unspecified atom stereocenters. The second-order valence-electron chi connectivity index (χ2n) is 6.25. The minimum Gasteiger partial charge on any atom is -0.335 e. The molecule has 4 nitrogen and oxygen atoms in total. The minimum atomic E-state index is -1.08. The van der Waals surface area contributed by atoms with E-state index in [4.69, 9.17) is 0 Å². The van der Waals surface area contributed by atoms with Crippen molar-refractivity contribution in [3.63, 3.8) is 0 Å². The van der Waals surface area contributed by atoms with Crippen LogP contribution >= 0.6 is 47.8 Å². The Hall–Kier alpha value is 0.380. The molecule has 22 heavy (non-hydrogen) atoms. The summed E-state index contributed by atoms with van der Waals surface area (Å²) >= 11 is 9.80. The van der Waals surface area contributed by atoms with E-state index in [1.807, 2.05) is 0 Å². The van der Waals surface area contributed by atoms with Crippen LogP contribution in [-0.4, -0.2) is 31.1 Å². The first-order valence-electron chi connectivity index (χ1n) is 8.10. The van der Waals surface area contributed by atoms with Gasteiger partial charge in [-0.1, -0.05) is 38.5 Å². The van der Waals surface area contributed by atoms with Crippen molar-refractivity contribution in [2.45, 2.75) is 78.4 Å². The number of carbonyl (C=O) groups is 2. The standard InChI is InChI=1S/C15H23Br3N2O2/c16-15(17,18)13(21)20(12-9-5-2-6-10-12)14(22)19-11-7-3-1-4-8-11/h11-12H,1-10H2,(H,19,22). The number of nitrogens with zero attached hydrogens (tertiary/aromatic N) is 1. The number of hydrogen-bond acceptors (Lipinski definition) is 2. The molecule has 0 aromatic rings. The molecule has 0 heterocycles. The average molecular weight is 503 g/mol. The van der Waals surface area contributed by atoms with Crippen molar-refractivity contribution >= 4 is 59.7 Å². The molecule has 0 aromatic heterocycles. The molecule has 2 aliphatic rings. The molecular formula is C15H23Br3N2O2. The molecule has 0 aliphatic heterocycles. The van der Waals surface area contributed by atoms with E-state index in [1.54, 1.807) is 0 Å². The Labute approximate surface area is 157 Å². The zero-order chi connectivity index (χ0) is 16.2. The first kappa shape index (κ1) is 18.7. The topological polar surface area (TPSA) is 49.4 Å². The van der Waals surface area contributed by atoms with Gasteiger partial charge in [-0.25, -0.2) is 4.79 Å². The number of amides is 3. The number of halogens is 3. The fraction of sp³-hybridized carbons (Fsp3) is 0.867. The molecule has 0 spiro atoms. The Kier molecular flexibility index (Phi) is 7.20. The Morgan fingerprint density at radius 2 is 1.36 bits per heavy atom. The number of imide groups is 1. The van der Waals surface area contributed by atoms with E-state index in [0.29, 0.717) is 0 Å². The number of carbonyl (C=O) groups excluding carboxylic acids is 2. The number of urea groups is 1. The molecule has 2 aliphatic carbocycles. The molecule has 3 amide bonds. The van der Waals surface area contributed by atoms with Gasteiger partial charge in [0.25, 0.3) is 5.91 Å². The van der Waals surface area contributed by atoms with Crippen molar-refractivity contribution < 1.29 is 9.59 Å². The van der Waals surface area contributed by atoms with Crippen LogP contribution in [0.3, 0.4) is 0 Å². The van der Waals surface area contributed by atoms with Gasteiger partial charge in [0, 0.05) is 12.1 Å². The SMILES string of the molecule is O=C(NC1CCCCC1)N(C(=O)C(Br)(Br)Br)C1CCCCC1. The molecule has 1 N–H and O–H groups in total. The van der Waals surface area contributed by atoms with Gasteiger partial charge in [0.15, 0.2) is 0 Å². The minimum absolute atomic E-state index is 0.00290. The molecular weight excluding hydrogens is 480 g/mol. The van der Waals surface area contributed by atoms with E-state index in [2.05, 4.69) is 53.1 Å². The lowest BCUT2D eigenvalue weighted by Gasteiger charge is -2.36. The van der Waals surface area contributed by atoms with Crippen molar-refractivity contribution in [2.24, 2.45) is 0 Å². The van der Waals surface area contributed by atoms with Crippen molar-refractivity contribution in [1.29, 1.82) is 0 Å². The maximum absolute atomic E-state index is 12.7. The lowest BCUT2D eigenvalue weighted by molar-refractivity contribution is -0.128. The molecule has 2 fully saturated rings. The lowest BCUT2D eigenvalue weighted by Crippen LogP contribution is -2.55. The summed E-state index contributed by atoms with van der Waals surface area (Å²) < 4.78 is -1.08. The summed E-state index contributed by atoms with van der Waals surface area (Å²) in [5.74, 6) is -0.285. The molecule has 2 saturated carbocycles. The number of rotatable bonds is 2. The highest BCUT2D eigenvalue weighted by molar-refractivity contribution is 9.40. The van der Waals surface area contributed by atoms with Gasteiger partial charge >= 0.3 is 6.03 Å². The average Bonchev–Trinajstić information content (AvgIpc) is 2.48. The monoisotopic (exact) mass is 500 g/mol. The summed E-state index contributed by atoms with van der Waals surface area (Å²) in [4.78, 5) is 26.8. The van der Waals surface area contributed by atoms with Crippen LogP contribution in [0.4, 0.5) is 4.79 Å². The fourth-order valence-electron chi connectivity index (χ4n) is 3.39. The third-order valence-corrected chi connectivity index (χ3v) is 5.57. The Morgan fingerprint density at radius 1 is 0.864 bits per heavy atom. The number of hydrogen-bond donors (Lipinski definition) is 1. The zero-order valence-corrected chi connectivity index (χ0v) is 17.4. The van der Waals surface area contributed by atoms with E-state index in [-0.39, 0.29) is 24.0 Å². The van der Waals surface area contributed by atoms with Crippen LogP contribution in [0.1, 0.15) is 64.2 Å². The summed E-state index contributed by atoms with van der Waals surface area (Å²) in [7, 11) is 0. The predicted octanol–water partition coefficient (Wildman–Crippen LogP) is 5.03. The smallest absolute Gasteiger partial charge is 0.324 e. The second-order valence-corrected chi connectivity index (χ2v) is 13.0. The van der Waals surface area contributed by atoms with Crippen LogP contribution in [0.25, 0.3) is 0 Å². The Balaban J connectivity index is 2.08.